The molecule has 2 N–H and O–H groups in total. The van der Waals surface area contributed by atoms with Crippen LogP contribution in [0.1, 0.15) is 45.6 Å². The van der Waals surface area contributed by atoms with Crippen molar-refractivity contribution >= 4 is 28.3 Å². The van der Waals surface area contributed by atoms with Crippen LogP contribution in [0.5, 0.6) is 0 Å². The number of imidazole rings is 1. The maximum absolute atomic E-state index is 12.9. The molecule has 0 unspecified atom stereocenters. The molecule has 1 atom stereocenters. The quantitative estimate of drug-likeness (QED) is 0.585. The van der Waals surface area contributed by atoms with Crippen LogP contribution in [-0.4, -0.2) is 30.9 Å². The van der Waals surface area contributed by atoms with Gasteiger partial charge in [0, 0.05) is 36.6 Å². The monoisotopic (exact) mass is 440 g/mol. The number of hydrogen-bond donors (Lipinski definition) is 2. The molecule has 0 spiro atoms. The molecular weight excluding hydrogens is 416 g/mol. The Morgan fingerprint density at radius 2 is 2.06 bits per heavy atom. The number of nitrogens with one attached hydrogen (secondary N) is 2. The van der Waals surface area contributed by atoms with E-state index in [9.17, 15) is 14.4 Å². The lowest BCUT2D eigenvalue weighted by Gasteiger charge is -2.18. The number of pyridine rings is 1. The number of thiazole rings is 1. The Hall–Kier alpha value is -3.27. The van der Waals surface area contributed by atoms with E-state index in [1.807, 2.05) is 31.7 Å². The molecule has 3 aromatic rings. The Balaban J connectivity index is 1.47. The van der Waals surface area contributed by atoms with Gasteiger partial charge >= 0.3 is 0 Å². The van der Waals surface area contributed by atoms with Gasteiger partial charge in [-0.1, -0.05) is 0 Å². The summed E-state index contributed by atoms with van der Waals surface area (Å²) in [6.45, 7) is 3.59. The van der Waals surface area contributed by atoms with Gasteiger partial charge in [0.05, 0.1) is 17.3 Å². The second-order valence-electron chi connectivity index (χ2n) is 7.78. The summed E-state index contributed by atoms with van der Waals surface area (Å²) >= 11 is 1.38. The van der Waals surface area contributed by atoms with Crippen molar-refractivity contribution in [2.45, 2.75) is 39.3 Å². The maximum Gasteiger partial charge on any atom is 0.253 e. The van der Waals surface area contributed by atoms with Crippen LogP contribution in [0.15, 0.2) is 35.5 Å². The second-order valence-corrected chi connectivity index (χ2v) is 8.98. The number of carbonyl (C=O) groups is 2. The van der Waals surface area contributed by atoms with Gasteiger partial charge in [0.1, 0.15) is 12.4 Å². The first-order valence-corrected chi connectivity index (χ1v) is 10.9. The first kappa shape index (κ1) is 21.0. The molecular formula is C21H24N6O3S. The molecule has 2 amide bonds. The highest BCUT2D eigenvalue weighted by molar-refractivity contribution is 7.15. The molecule has 0 saturated heterocycles. The van der Waals surface area contributed by atoms with Crippen molar-refractivity contribution < 1.29 is 9.59 Å². The van der Waals surface area contributed by atoms with E-state index in [1.165, 1.54) is 34.2 Å². The zero-order chi connectivity index (χ0) is 22.1. The van der Waals surface area contributed by atoms with E-state index in [0.29, 0.717) is 16.6 Å². The number of hydrogen-bond acceptors (Lipinski definition) is 6. The normalized spacial score (nSPS) is 14.3. The molecule has 10 heteroatoms. The van der Waals surface area contributed by atoms with Crippen molar-refractivity contribution in [2.24, 2.45) is 13.0 Å². The van der Waals surface area contributed by atoms with Crippen molar-refractivity contribution in [1.82, 2.24) is 24.4 Å². The van der Waals surface area contributed by atoms with Gasteiger partial charge in [-0.2, -0.15) is 0 Å². The predicted octanol–water partition coefficient (Wildman–Crippen LogP) is 2.17. The van der Waals surface area contributed by atoms with Gasteiger partial charge in [0.2, 0.25) is 5.91 Å². The van der Waals surface area contributed by atoms with Gasteiger partial charge in [0.25, 0.3) is 11.5 Å². The smallest absolute Gasteiger partial charge is 0.253 e. The van der Waals surface area contributed by atoms with E-state index in [-0.39, 0.29) is 30.0 Å². The SMILES string of the molecule is Cc1nc(NC(=O)Cn2cc(C(=O)N[C@H](c3nccn3C)C3CC3)ccc2=O)sc1C. The second kappa shape index (κ2) is 8.46. The van der Waals surface area contributed by atoms with Crippen molar-refractivity contribution in [2.75, 3.05) is 5.32 Å². The highest BCUT2D eigenvalue weighted by Gasteiger charge is 2.35. The molecule has 1 aliphatic carbocycles. The average molecular weight is 441 g/mol. The fourth-order valence-corrected chi connectivity index (χ4v) is 4.18. The zero-order valence-electron chi connectivity index (χ0n) is 17.6. The number of nitrogens with zero attached hydrogens (tertiary/aromatic N) is 4. The maximum atomic E-state index is 12.9. The molecule has 0 bridgehead atoms. The molecule has 4 rings (SSSR count). The van der Waals surface area contributed by atoms with Crippen LogP contribution >= 0.6 is 11.3 Å². The van der Waals surface area contributed by atoms with Gasteiger partial charge in [-0.05, 0) is 38.7 Å². The summed E-state index contributed by atoms with van der Waals surface area (Å²) in [7, 11) is 1.90. The Kier molecular flexibility index (Phi) is 5.73. The van der Waals surface area contributed by atoms with Crippen LogP contribution in [-0.2, 0) is 18.4 Å². The molecule has 0 aromatic carbocycles. The fraction of sp³-hybridized carbons (Fsp3) is 0.381. The zero-order valence-corrected chi connectivity index (χ0v) is 18.4. The molecule has 9 nitrogen and oxygen atoms in total. The van der Waals surface area contributed by atoms with Gasteiger partial charge in [-0.15, -0.1) is 11.3 Å². The molecule has 0 aliphatic heterocycles. The standard InChI is InChI=1S/C21H24N6O3S/c1-12-13(2)31-21(23-12)24-16(28)11-27-10-15(6-7-17(27)29)20(30)25-18(14-4-5-14)19-22-8-9-26(19)3/h6-10,14,18H,4-5,11H2,1-3H3,(H,25,30)(H,23,24,28)/t18-/m0/s1. The van der Waals surface area contributed by atoms with Gasteiger partial charge in [0.15, 0.2) is 5.13 Å². The topological polar surface area (TPSA) is 111 Å². The summed E-state index contributed by atoms with van der Waals surface area (Å²) < 4.78 is 3.13. The molecule has 1 saturated carbocycles. The number of aromatic nitrogens is 4. The molecule has 1 fully saturated rings. The van der Waals surface area contributed by atoms with Gasteiger partial charge < -0.3 is 19.8 Å². The van der Waals surface area contributed by atoms with E-state index in [2.05, 4.69) is 20.6 Å². The number of rotatable bonds is 7. The fourth-order valence-electron chi connectivity index (χ4n) is 3.35. The number of amides is 2. The van der Waals surface area contributed by atoms with E-state index in [1.54, 1.807) is 6.20 Å². The van der Waals surface area contributed by atoms with Crippen LogP contribution < -0.4 is 16.2 Å². The summed E-state index contributed by atoms with van der Waals surface area (Å²) in [5.41, 5.74) is 0.809. The van der Waals surface area contributed by atoms with Crippen LogP contribution in [0.4, 0.5) is 5.13 Å². The average Bonchev–Trinajstić information content (AvgIpc) is 3.40. The lowest BCUT2D eigenvalue weighted by atomic mass is 10.1. The van der Waals surface area contributed by atoms with Gasteiger partial charge in [-0.25, -0.2) is 9.97 Å². The van der Waals surface area contributed by atoms with Crippen LogP contribution in [0.2, 0.25) is 0 Å². The first-order chi connectivity index (χ1) is 14.8. The Morgan fingerprint density at radius 3 is 2.68 bits per heavy atom. The largest absolute Gasteiger partial charge is 0.342 e. The van der Waals surface area contributed by atoms with E-state index in [4.69, 9.17) is 0 Å². The van der Waals surface area contributed by atoms with Gasteiger partial charge in [-0.3, -0.25) is 14.4 Å². The van der Waals surface area contributed by atoms with E-state index < -0.39 is 0 Å². The molecule has 3 heterocycles. The molecule has 0 radical (unpaired) electrons. The predicted molar refractivity (Wildman–Crippen MR) is 117 cm³/mol. The lowest BCUT2D eigenvalue weighted by Crippen LogP contribution is -2.33. The summed E-state index contributed by atoms with van der Waals surface area (Å²) in [6, 6.07) is 2.59. The summed E-state index contributed by atoms with van der Waals surface area (Å²) in [5.74, 6) is 0.474. The highest BCUT2D eigenvalue weighted by atomic mass is 32.1. The van der Waals surface area contributed by atoms with Crippen LogP contribution in [0.3, 0.4) is 0 Å². The minimum absolute atomic E-state index is 0.187. The van der Waals surface area contributed by atoms with Crippen molar-refractivity contribution in [3.8, 4) is 0 Å². The summed E-state index contributed by atoms with van der Waals surface area (Å²) in [6.07, 6.45) is 7.04. The van der Waals surface area contributed by atoms with Crippen molar-refractivity contribution in [1.29, 1.82) is 0 Å². The van der Waals surface area contributed by atoms with Crippen LogP contribution in [0, 0.1) is 19.8 Å². The first-order valence-electron chi connectivity index (χ1n) is 10.0. The molecule has 31 heavy (non-hydrogen) atoms. The highest BCUT2D eigenvalue weighted by Crippen LogP contribution is 2.40. The van der Waals surface area contributed by atoms with E-state index >= 15 is 0 Å². The Bertz CT molecular complexity index is 1170. The Morgan fingerprint density at radius 1 is 1.29 bits per heavy atom. The number of carbonyl (C=O) groups excluding carboxylic acids is 2. The molecule has 3 aromatic heterocycles. The summed E-state index contributed by atoms with van der Waals surface area (Å²) in [4.78, 5) is 47.2. The minimum Gasteiger partial charge on any atom is -0.342 e. The minimum atomic E-state index is -0.378. The number of anilines is 1. The molecule has 162 valence electrons. The summed E-state index contributed by atoms with van der Waals surface area (Å²) in [5, 5.41) is 6.24. The van der Waals surface area contributed by atoms with Crippen molar-refractivity contribution in [3.05, 3.63) is 63.0 Å². The van der Waals surface area contributed by atoms with Crippen molar-refractivity contribution in [3.63, 3.8) is 0 Å². The third-order valence-corrected chi connectivity index (χ3v) is 6.34. The lowest BCUT2D eigenvalue weighted by molar-refractivity contribution is -0.116. The third-order valence-electron chi connectivity index (χ3n) is 5.35. The third kappa shape index (κ3) is 4.74. The number of aryl methyl sites for hydroxylation is 3. The van der Waals surface area contributed by atoms with E-state index in [0.717, 1.165) is 29.2 Å². The molecule has 1 aliphatic rings. The Labute approximate surface area is 183 Å². The van der Waals surface area contributed by atoms with Crippen LogP contribution in [0.25, 0.3) is 0 Å².